The molecule has 0 aliphatic rings. The fourth-order valence-electron chi connectivity index (χ4n) is 7.13. The molecule has 0 aliphatic heterocycles. The highest BCUT2D eigenvalue weighted by molar-refractivity contribution is 7.86. The van der Waals surface area contributed by atoms with Gasteiger partial charge < -0.3 is 61.7 Å². The molecule has 4 aromatic carbocycles. The molecule has 14 N–H and O–H groups in total. The van der Waals surface area contributed by atoms with Crippen molar-refractivity contribution in [1.29, 1.82) is 0 Å². The number of hydrogen-bond donors (Lipinski definition) is 14. The van der Waals surface area contributed by atoms with Gasteiger partial charge in [-0.2, -0.15) is 16.8 Å². The van der Waals surface area contributed by atoms with Crippen molar-refractivity contribution in [2.45, 2.75) is 85.4 Å². The van der Waals surface area contributed by atoms with E-state index < -0.39 is 93.8 Å². The summed E-state index contributed by atoms with van der Waals surface area (Å²) in [5.74, 6) is 0. The molecular formula is C41H48N4O16S4. The average molecular weight is 981 g/mol. The van der Waals surface area contributed by atoms with Crippen LogP contribution >= 0.6 is 22.7 Å². The third kappa shape index (κ3) is 11.1. The van der Waals surface area contributed by atoms with Gasteiger partial charge in [0.1, 0.15) is 61.9 Å². The van der Waals surface area contributed by atoms with Gasteiger partial charge in [0.2, 0.25) is 0 Å². The number of hydrogen-bond acceptors (Lipinski definition) is 20. The van der Waals surface area contributed by atoms with Crippen LogP contribution in [0.4, 0.5) is 11.4 Å². The lowest BCUT2D eigenvalue weighted by Gasteiger charge is -2.30. The van der Waals surface area contributed by atoms with Gasteiger partial charge in [-0.15, -0.1) is 22.7 Å². The molecule has 0 saturated heterocycles. The highest BCUT2D eigenvalue weighted by atomic mass is 32.2. The Bertz CT molecular complexity index is 2880. The predicted molar refractivity (Wildman–Crippen MR) is 241 cm³/mol. The summed E-state index contributed by atoms with van der Waals surface area (Å²) in [4.78, 5) is 8.39. The van der Waals surface area contributed by atoms with Crippen LogP contribution in [-0.2, 0) is 33.1 Å². The largest absolute Gasteiger partial charge is 0.394 e. The number of fused-ring (bicyclic) bond motifs is 2. The summed E-state index contributed by atoms with van der Waals surface area (Å²) in [5, 5.41) is 108. The van der Waals surface area contributed by atoms with E-state index >= 15 is 0 Å². The summed E-state index contributed by atoms with van der Waals surface area (Å²) in [5.41, 5.74) is 3.15. The van der Waals surface area contributed by atoms with Crippen LogP contribution in [0.1, 0.15) is 22.3 Å². The van der Waals surface area contributed by atoms with Crippen molar-refractivity contribution in [3.63, 3.8) is 0 Å². The summed E-state index contributed by atoms with van der Waals surface area (Å²) >= 11 is 2.66. The molecule has 0 bridgehead atoms. The van der Waals surface area contributed by atoms with Crippen LogP contribution in [0.25, 0.3) is 41.6 Å². The van der Waals surface area contributed by atoms with E-state index in [1.54, 1.807) is 43.3 Å². The first kappa shape index (κ1) is 50.1. The highest BCUT2D eigenvalue weighted by Gasteiger charge is 2.34. The molecule has 0 fully saturated rings. The molecule has 2 aromatic heterocycles. The van der Waals surface area contributed by atoms with Gasteiger partial charge in [0.05, 0.1) is 39.9 Å². The van der Waals surface area contributed by atoms with Gasteiger partial charge in [-0.3, -0.25) is 9.11 Å². The Hall–Kier alpha value is -4.32. The van der Waals surface area contributed by atoms with E-state index in [9.17, 15) is 77.0 Å². The number of anilines is 2. The molecule has 8 unspecified atom stereocenters. The van der Waals surface area contributed by atoms with Crippen molar-refractivity contribution in [3.05, 3.63) is 82.9 Å². The summed E-state index contributed by atoms with van der Waals surface area (Å²) < 4.78 is 71.4. The van der Waals surface area contributed by atoms with Crippen LogP contribution in [0.5, 0.6) is 0 Å². The van der Waals surface area contributed by atoms with Gasteiger partial charge in [-0.25, -0.2) is 9.97 Å². The van der Waals surface area contributed by atoms with E-state index in [2.05, 4.69) is 15.6 Å². The summed E-state index contributed by atoms with van der Waals surface area (Å²) in [6, 6.07) is 17.0. The monoisotopic (exact) mass is 980 g/mol. The lowest BCUT2D eigenvalue weighted by atomic mass is 9.96. The third-order valence-electron chi connectivity index (χ3n) is 10.7. The van der Waals surface area contributed by atoms with Crippen LogP contribution in [0.3, 0.4) is 0 Å². The lowest BCUT2D eigenvalue weighted by molar-refractivity contribution is -0.111. The quantitative estimate of drug-likeness (QED) is 0.0371. The van der Waals surface area contributed by atoms with E-state index in [1.807, 2.05) is 18.2 Å². The smallest absolute Gasteiger partial charge is 0.296 e. The SMILES string of the molecule is Cc1cc(S(=O)(=O)O)c(NCC(O)C(O)C(O)C(O)CO)c(CCc2ccc(-c3nc4ccc(-c5nc6c(S(=O)(=O)O)c(C)ccc6s5)cc4s3)cc2)c1NC(O)C(O)C(O)C(O)CO. The van der Waals surface area contributed by atoms with Gasteiger partial charge in [-0.1, -0.05) is 30.3 Å². The normalized spacial score (nSPS) is 16.2. The number of aromatic nitrogens is 2. The van der Waals surface area contributed by atoms with E-state index in [0.717, 1.165) is 16.3 Å². The second-order valence-electron chi connectivity index (χ2n) is 15.3. The minimum absolute atomic E-state index is 0.0202. The number of rotatable bonds is 20. The second kappa shape index (κ2) is 20.3. The van der Waals surface area contributed by atoms with Crippen LogP contribution in [0.2, 0.25) is 0 Å². The number of aliphatic hydroxyl groups is 10. The molecule has 24 heteroatoms. The van der Waals surface area contributed by atoms with Crippen molar-refractivity contribution in [2.24, 2.45) is 0 Å². The van der Waals surface area contributed by atoms with Crippen LogP contribution in [0, 0.1) is 13.8 Å². The van der Waals surface area contributed by atoms with Gasteiger partial charge >= 0.3 is 0 Å². The number of nitrogens with zero attached hydrogens (tertiary/aromatic N) is 2. The number of aryl methyl sites for hydroxylation is 3. The number of aliphatic hydroxyl groups excluding tert-OH is 10. The highest BCUT2D eigenvalue weighted by Crippen LogP contribution is 2.39. The van der Waals surface area contributed by atoms with Crippen LogP contribution < -0.4 is 10.6 Å². The molecule has 65 heavy (non-hydrogen) atoms. The number of nitrogens with one attached hydrogen (secondary N) is 2. The average Bonchev–Trinajstić information content (AvgIpc) is 3.90. The van der Waals surface area contributed by atoms with Crippen molar-refractivity contribution >= 4 is 74.7 Å². The Kier molecular flexibility index (Phi) is 15.6. The molecule has 0 aliphatic carbocycles. The molecule has 6 aromatic rings. The molecule has 0 radical (unpaired) electrons. The molecule has 0 saturated carbocycles. The Balaban J connectivity index is 1.30. The zero-order valence-electron chi connectivity index (χ0n) is 34.5. The molecule has 20 nitrogen and oxygen atoms in total. The van der Waals surface area contributed by atoms with Gasteiger partial charge in [-0.05, 0) is 73.7 Å². The number of benzene rings is 4. The Labute approximate surface area is 379 Å². The van der Waals surface area contributed by atoms with Crippen molar-refractivity contribution in [1.82, 2.24) is 9.97 Å². The minimum atomic E-state index is -5.04. The molecule has 6 rings (SSSR count). The summed E-state index contributed by atoms with van der Waals surface area (Å²) in [6.07, 6.45) is -15.8. The van der Waals surface area contributed by atoms with E-state index in [0.29, 0.717) is 36.9 Å². The van der Waals surface area contributed by atoms with Crippen LogP contribution in [0.15, 0.2) is 70.5 Å². The van der Waals surface area contributed by atoms with Gasteiger partial charge in [0, 0.05) is 28.9 Å². The maximum absolute atomic E-state index is 12.8. The van der Waals surface area contributed by atoms with E-state index in [-0.39, 0.29) is 45.8 Å². The first-order chi connectivity index (χ1) is 30.5. The Morgan fingerprint density at radius 3 is 1.82 bits per heavy atom. The van der Waals surface area contributed by atoms with Crippen molar-refractivity contribution < 1.29 is 77.0 Å². The first-order valence-electron chi connectivity index (χ1n) is 19.7. The Morgan fingerprint density at radius 2 is 1.20 bits per heavy atom. The zero-order chi connectivity index (χ0) is 47.7. The fraction of sp³-hybridized carbons (Fsp3) is 0.366. The van der Waals surface area contributed by atoms with Crippen LogP contribution in [-0.4, -0.2) is 156 Å². The second-order valence-corrected chi connectivity index (χ2v) is 20.2. The standard InChI is InChI=1S/C41H48N4O16S4/c1-18-3-12-28-33(38(18)65(59,60)61)45-41(62-28)22-9-11-24-29(14-22)63-40(43-24)21-7-4-20(5-8-21)6-10-23-31(44-39(55)37(54)36(53)27(50)17-47)19(2)13-30(64(56,57)58)32(23)42-15-25(48)34(51)35(52)26(49)16-46/h3-5,7-9,11-14,25-27,34-37,39,42,44,46-55H,6,10,15-17H2,1-2H3,(H,56,57,58)(H,59,60,61). The topological polar surface area (TPSA) is 361 Å². The number of thiazole rings is 2. The third-order valence-corrected chi connectivity index (χ3v) is 14.7. The Morgan fingerprint density at radius 1 is 0.615 bits per heavy atom. The molecule has 0 spiro atoms. The van der Waals surface area contributed by atoms with Crippen molar-refractivity contribution in [3.8, 4) is 21.1 Å². The molecule has 2 heterocycles. The molecular weight excluding hydrogens is 933 g/mol. The van der Waals surface area contributed by atoms with E-state index in [4.69, 9.17) is 4.98 Å². The molecule has 352 valence electrons. The predicted octanol–water partition coefficient (Wildman–Crippen LogP) is 0.789. The zero-order valence-corrected chi connectivity index (χ0v) is 37.7. The molecule has 0 amide bonds. The maximum atomic E-state index is 12.8. The maximum Gasteiger partial charge on any atom is 0.296 e. The molecule has 8 atom stereocenters. The van der Waals surface area contributed by atoms with Crippen molar-refractivity contribution in [2.75, 3.05) is 30.4 Å². The van der Waals surface area contributed by atoms with E-state index in [1.165, 1.54) is 29.6 Å². The lowest BCUT2D eigenvalue weighted by Crippen LogP contribution is -2.48. The van der Waals surface area contributed by atoms with Gasteiger partial charge in [0.15, 0.2) is 6.23 Å². The fourth-order valence-corrected chi connectivity index (χ4v) is 10.8. The first-order valence-corrected chi connectivity index (χ1v) is 24.2. The summed E-state index contributed by atoms with van der Waals surface area (Å²) in [7, 11) is -9.57. The minimum Gasteiger partial charge on any atom is -0.394 e. The summed E-state index contributed by atoms with van der Waals surface area (Å²) in [6.45, 7) is 0.364. The van der Waals surface area contributed by atoms with Gasteiger partial charge in [0.25, 0.3) is 20.2 Å².